The van der Waals surface area contributed by atoms with Gasteiger partial charge >= 0.3 is 11.8 Å². The van der Waals surface area contributed by atoms with Crippen molar-refractivity contribution in [1.29, 1.82) is 0 Å². The SMILES string of the molecule is Cc1ccc2c(CN3CCN(c4ccc(C(F)(F)F)cn4)CC3)cc(=O)oc2c1C. The quantitative estimate of drug-likeness (QED) is 0.600. The molecule has 0 atom stereocenters. The van der Waals surface area contributed by atoms with Gasteiger partial charge < -0.3 is 9.32 Å². The number of aromatic nitrogens is 1. The van der Waals surface area contributed by atoms with Crippen LogP contribution in [-0.4, -0.2) is 36.1 Å². The van der Waals surface area contributed by atoms with Crippen molar-refractivity contribution in [2.75, 3.05) is 31.1 Å². The highest BCUT2D eigenvalue weighted by Crippen LogP contribution is 2.30. The Morgan fingerprint density at radius 1 is 1.07 bits per heavy atom. The number of halogens is 3. The summed E-state index contributed by atoms with van der Waals surface area (Å²) in [7, 11) is 0. The summed E-state index contributed by atoms with van der Waals surface area (Å²) in [6, 6.07) is 8.03. The lowest BCUT2D eigenvalue weighted by Crippen LogP contribution is -2.46. The van der Waals surface area contributed by atoms with E-state index in [1.54, 1.807) is 6.07 Å². The summed E-state index contributed by atoms with van der Waals surface area (Å²) in [5.74, 6) is 0.541. The molecule has 3 aromatic rings. The van der Waals surface area contributed by atoms with Crippen molar-refractivity contribution in [2.24, 2.45) is 0 Å². The Morgan fingerprint density at radius 2 is 1.80 bits per heavy atom. The normalized spacial score (nSPS) is 15.7. The minimum atomic E-state index is -4.38. The van der Waals surface area contributed by atoms with E-state index in [0.717, 1.165) is 47.4 Å². The van der Waals surface area contributed by atoms with Gasteiger partial charge in [0.05, 0.1) is 5.56 Å². The van der Waals surface area contributed by atoms with Crippen LogP contribution in [0, 0.1) is 13.8 Å². The number of benzene rings is 1. The zero-order chi connectivity index (χ0) is 21.5. The van der Waals surface area contributed by atoms with Crippen LogP contribution in [0.5, 0.6) is 0 Å². The number of piperazine rings is 1. The lowest BCUT2D eigenvalue weighted by atomic mass is 10.0. The molecule has 0 spiro atoms. The van der Waals surface area contributed by atoms with Gasteiger partial charge in [0.1, 0.15) is 11.4 Å². The number of rotatable bonds is 3. The summed E-state index contributed by atoms with van der Waals surface area (Å²) < 4.78 is 43.6. The fourth-order valence-corrected chi connectivity index (χ4v) is 3.77. The first kappa shape index (κ1) is 20.4. The molecule has 4 rings (SSSR count). The highest BCUT2D eigenvalue weighted by molar-refractivity contribution is 5.83. The van der Waals surface area contributed by atoms with Crippen molar-refractivity contribution in [2.45, 2.75) is 26.6 Å². The van der Waals surface area contributed by atoms with Crippen LogP contribution in [0.15, 0.2) is 45.7 Å². The molecule has 0 radical (unpaired) electrons. The fraction of sp³-hybridized carbons (Fsp3) is 0.364. The number of hydrogen-bond donors (Lipinski definition) is 0. The number of fused-ring (bicyclic) bond motifs is 1. The van der Waals surface area contributed by atoms with Crippen LogP contribution in [0.25, 0.3) is 11.0 Å². The Kier molecular flexibility index (Phi) is 5.27. The summed E-state index contributed by atoms with van der Waals surface area (Å²) >= 11 is 0. The van der Waals surface area contributed by atoms with Gasteiger partial charge in [0, 0.05) is 50.4 Å². The molecule has 8 heteroatoms. The predicted molar refractivity (Wildman–Crippen MR) is 109 cm³/mol. The minimum Gasteiger partial charge on any atom is -0.422 e. The molecule has 0 amide bonds. The molecule has 0 saturated carbocycles. The van der Waals surface area contributed by atoms with E-state index in [2.05, 4.69) is 9.88 Å². The van der Waals surface area contributed by atoms with Gasteiger partial charge in [-0.1, -0.05) is 12.1 Å². The van der Waals surface area contributed by atoms with E-state index < -0.39 is 11.7 Å². The van der Waals surface area contributed by atoms with Gasteiger partial charge in [-0.3, -0.25) is 4.90 Å². The monoisotopic (exact) mass is 417 g/mol. The number of hydrogen-bond acceptors (Lipinski definition) is 5. The third-order valence-electron chi connectivity index (χ3n) is 5.68. The first-order valence-corrected chi connectivity index (χ1v) is 9.76. The lowest BCUT2D eigenvalue weighted by molar-refractivity contribution is -0.137. The van der Waals surface area contributed by atoms with Crippen LogP contribution >= 0.6 is 0 Å². The van der Waals surface area contributed by atoms with Gasteiger partial charge in [0.15, 0.2) is 0 Å². The maximum Gasteiger partial charge on any atom is 0.417 e. The Balaban J connectivity index is 1.47. The van der Waals surface area contributed by atoms with Gasteiger partial charge in [-0.25, -0.2) is 9.78 Å². The molecule has 1 aromatic carbocycles. The Morgan fingerprint density at radius 3 is 2.43 bits per heavy atom. The Labute approximate surface area is 171 Å². The van der Waals surface area contributed by atoms with E-state index >= 15 is 0 Å². The fourth-order valence-electron chi connectivity index (χ4n) is 3.77. The molecule has 2 aromatic heterocycles. The highest BCUT2D eigenvalue weighted by Gasteiger charge is 2.31. The van der Waals surface area contributed by atoms with Gasteiger partial charge in [-0.05, 0) is 42.7 Å². The van der Waals surface area contributed by atoms with E-state index in [-0.39, 0.29) is 5.63 Å². The first-order valence-electron chi connectivity index (χ1n) is 9.76. The lowest BCUT2D eigenvalue weighted by Gasteiger charge is -2.35. The summed E-state index contributed by atoms with van der Waals surface area (Å²) in [4.78, 5) is 20.2. The van der Waals surface area contributed by atoms with Crippen LogP contribution in [0.3, 0.4) is 0 Å². The number of pyridine rings is 1. The second-order valence-electron chi connectivity index (χ2n) is 7.64. The molecule has 0 unspecified atom stereocenters. The van der Waals surface area contributed by atoms with Crippen molar-refractivity contribution in [3.8, 4) is 0 Å². The largest absolute Gasteiger partial charge is 0.422 e. The summed E-state index contributed by atoms with van der Waals surface area (Å²) in [6.45, 7) is 7.27. The minimum absolute atomic E-state index is 0.362. The molecule has 1 aliphatic heterocycles. The third-order valence-corrected chi connectivity index (χ3v) is 5.68. The summed E-state index contributed by atoms with van der Waals surface area (Å²) in [6.07, 6.45) is -3.51. The van der Waals surface area contributed by atoms with Gasteiger partial charge in [0.2, 0.25) is 0 Å². The van der Waals surface area contributed by atoms with E-state index in [0.29, 0.717) is 31.0 Å². The smallest absolute Gasteiger partial charge is 0.417 e. The molecule has 0 bridgehead atoms. The number of anilines is 1. The van der Waals surface area contributed by atoms with Crippen molar-refractivity contribution in [1.82, 2.24) is 9.88 Å². The van der Waals surface area contributed by atoms with Gasteiger partial charge in [-0.2, -0.15) is 13.2 Å². The van der Waals surface area contributed by atoms with Crippen molar-refractivity contribution < 1.29 is 17.6 Å². The maximum absolute atomic E-state index is 12.7. The topological polar surface area (TPSA) is 49.6 Å². The van der Waals surface area contributed by atoms with E-state index in [1.165, 1.54) is 6.07 Å². The molecule has 3 heterocycles. The van der Waals surface area contributed by atoms with Crippen molar-refractivity contribution in [3.63, 3.8) is 0 Å². The van der Waals surface area contributed by atoms with Crippen LogP contribution in [0.2, 0.25) is 0 Å². The third kappa shape index (κ3) is 4.05. The molecule has 158 valence electrons. The molecule has 5 nitrogen and oxygen atoms in total. The average molecular weight is 417 g/mol. The zero-order valence-electron chi connectivity index (χ0n) is 16.8. The molecule has 1 fully saturated rings. The summed E-state index contributed by atoms with van der Waals surface area (Å²) in [5, 5.41) is 0.935. The highest BCUT2D eigenvalue weighted by atomic mass is 19.4. The van der Waals surface area contributed by atoms with Crippen molar-refractivity contribution in [3.05, 3.63) is 69.2 Å². The molecular formula is C22H22F3N3O2. The summed E-state index contributed by atoms with van der Waals surface area (Å²) in [5.41, 5.74) is 2.48. The molecular weight excluding hydrogens is 395 g/mol. The first-order chi connectivity index (χ1) is 14.2. The number of aryl methyl sites for hydroxylation is 2. The molecule has 1 saturated heterocycles. The van der Waals surface area contributed by atoms with Crippen molar-refractivity contribution >= 4 is 16.8 Å². The number of alkyl halides is 3. The average Bonchev–Trinajstić information content (AvgIpc) is 2.71. The Bertz CT molecular complexity index is 1120. The van der Waals surface area contributed by atoms with Crippen LogP contribution in [0.1, 0.15) is 22.3 Å². The second kappa shape index (κ2) is 7.75. The van der Waals surface area contributed by atoms with Crippen LogP contribution in [-0.2, 0) is 12.7 Å². The second-order valence-corrected chi connectivity index (χ2v) is 7.64. The van der Waals surface area contributed by atoms with Gasteiger partial charge in [-0.15, -0.1) is 0 Å². The molecule has 0 aliphatic carbocycles. The number of nitrogens with zero attached hydrogens (tertiary/aromatic N) is 3. The standard InChI is InChI=1S/C22H22F3N3O2/c1-14-3-5-18-16(11-20(29)30-21(18)15(14)2)13-27-7-9-28(10-8-27)19-6-4-17(12-26-19)22(23,24)25/h3-6,11-12H,7-10,13H2,1-2H3. The molecule has 1 aliphatic rings. The van der Waals surface area contributed by atoms with Crippen LogP contribution in [0.4, 0.5) is 19.0 Å². The molecule has 0 N–H and O–H groups in total. The van der Waals surface area contributed by atoms with E-state index in [4.69, 9.17) is 4.42 Å². The van der Waals surface area contributed by atoms with E-state index in [9.17, 15) is 18.0 Å². The maximum atomic E-state index is 12.7. The molecule has 30 heavy (non-hydrogen) atoms. The Hall–Kier alpha value is -2.87. The van der Waals surface area contributed by atoms with Crippen LogP contribution < -0.4 is 10.5 Å². The van der Waals surface area contributed by atoms with Gasteiger partial charge in [0.25, 0.3) is 0 Å². The predicted octanol–water partition coefficient (Wildman–Crippen LogP) is 4.15. The zero-order valence-corrected chi connectivity index (χ0v) is 16.8. The van der Waals surface area contributed by atoms with E-state index in [1.807, 2.05) is 30.9 Å².